The van der Waals surface area contributed by atoms with Crippen molar-refractivity contribution in [2.24, 2.45) is 0 Å². The molecule has 0 atom stereocenters. The van der Waals surface area contributed by atoms with E-state index in [1.165, 1.54) is 54.3 Å². The molecule has 9 rings (SSSR count). The van der Waals surface area contributed by atoms with Gasteiger partial charge < -0.3 is 4.42 Å². The predicted octanol–water partition coefficient (Wildman–Crippen LogP) is 11.6. The van der Waals surface area contributed by atoms with E-state index in [-0.39, 0.29) is 0 Å². The van der Waals surface area contributed by atoms with Gasteiger partial charge >= 0.3 is 0 Å². The van der Waals surface area contributed by atoms with Gasteiger partial charge in [-0.05, 0) is 80.9 Å². The molecule has 0 saturated carbocycles. The third-order valence-corrected chi connectivity index (χ3v) is 10.9. The average Bonchev–Trinajstić information content (AvgIpc) is 3.35. The summed E-state index contributed by atoms with van der Waals surface area (Å²) < 4.78 is 8.80. The molecule has 1 aromatic heterocycles. The number of hydrogen-bond acceptors (Lipinski definition) is 2. The van der Waals surface area contributed by atoms with Crippen LogP contribution in [0.4, 0.5) is 0 Å². The van der Waals surface area contributed by atoms with Crippen LogP contribution in [-0.2, 0) is 5.41 Å². The second-order valence-electron chi connectivity index (χ2n) is 10.7. The van der Waals surface area contributed by atoms with Gasteiger partial charge in [0.2, 0.25) is 0 Å². The van der Waals surface area contributed by atoms with Crippen LogP contribution < -0.4 is 0 Å². The molecule has 4 heteroatoms. The first-order chi connectivity index (χ1) is 20.1. The number of halogens is 2. The van der Waals surface area contributed by atoms with Crippen molar-refractivity contribution in [1.82, 2.24) is 0 Å². The first-order valence-corrected chi connectivity index (χ1v) is 16.0. The molecule has 1 nitrogen and oxygen atoms in total. The molecule has 0 radical (unpaired) electrons. The second-order valence-corrected chi connectivity index (χ2v) is 13.6. The summed E-state index contributed by atoms with van der Waals surface area (Å²) in [5, 5.41) is 2.31. The van der Waals surface area contributed by atoms with Gasteiger partial charge in [0.15, 0.2) is 0 Å². The summed E-state index contributed by atoms with van der Waals surface area (Å²) in [5.41, 5.74) is 11.3. The topological polar surface area (TPSA) is 13.1 Å². The van der Waals surface area contributed by atoms with Gasteiger partial charge in [0, 0.05) is 24.6 Å². The summed E-state index contributed by atoms with van der Waals surface area (Å²) in [6, 6.07) is 44.3. The van der Waals surface area contributed by atoms with E-state index < -0.39 is 5.41 Å². The lowest BCUT2D eigenvalue weighted by molar-refractivity contribution is 0.646. The molecule has 41 heavy (non-hydrogen) atoms. The lowest BCUT2D eigenvalue weighted by atomic mass is 9.63. The highest BCUT2D eigenvalue weighted by Crippen LogP contribution is 2.62. The number of furan rings is 1. The third kappa shape index (κ3) is 3.19. The highest BCUT2D eigenvalue weighted by Gasteiger charge is 2.49. The van der Waals surface area contributed by atoms with Crippen molar-refractivity contribution in [2.75, 3.05) is 0 Å². The maximum absolute atomic E-state index is 6.68. The van der Waals surface area contributed by atoms with Crippen LogP contribution in [-0.4, -0.2) is 0 Å². The van der Waals surface area contributed by atoms with Crippen LogP contribution in [0.2, 0.25) is 0 Å². The lowest BCUT2D eigenvalue weighted by Crippen LogP contribution is -2.34. The Morgan fingerprint density at radius 2 is 1.15 bits per heavy atom. The smallest absolute Gasteiger partial charge is 0.149 e. The molecule has 0 fully saturated rings. The first kappa shape index (κ1) is 24.1. The molecule has 1 aliphatic carbocycles. The van der Waals surface area contributed by atoms with Gasteiger partial charge in [-0.1, -0.05) is 129 Å². The lowest BCUT2D eigenvalue weighted by Gasteiger charge is -2.42. The predicted molar refractivity (Wildman–Crippen MR) is 176 cm³/mol. The molecule has 194 valence electrons. The Kier molecular flexibility index (Phi) is 5.12. The number of para-hydroxylation sites is 1. The molecule has 7 aromatic rings. The fourth-order valence-electron chi connectivity index (χ4n) is 7.08. The van der Waals surface area contributed by atoms with Gasteiger partial charge in [-0.15, -0.1) is 0 Å². The fraction of sp³-hybridized carbons (Fsp3) is 0.0270. The molecule has 1 spiro atoms. The van der Waals surface area contributed by atoms with Crippen LogP contribution in [0.1, 0.15) is 22.3 Å². The zero-order valence-corrected chi connectivity index (χ0v) is 25.6. The molecule has 0 bridgehead atoms. The van der Waals surface area contributed by atoms with E-state index in [0.717, 1.165) is 30.9 Å². The molecule has 0 N–H and O–H groups in total. The van der Waals surface area contributed by atoms with Crippen molar-refractivity contribution in [3.63, 3.8) is 0 Å². The van der Waals surface area contributed by atoms with E-state index >= 15 is 0 Å². The molecule has 0 amide bonds. The Hall–Kier alpha value is -3.57. The number of benzene rings is 6. The molecule has 6 aromatic carbocycles. The maximum atomic E-state index is 6.68. The second kappa shape index (κ2) is 8.72. The van der Waals surface area contributed by atoms with Gasteiger partial charge in [-0.2, -0.15) is 0 Å². The van der Waals surface area contributed by atoms with Crippen LogP contribution >= 0.6 is 43.6 Å². The molecular formula is C37H20Br2OS. The number of hydrogen-bond donors (Lipinski definition) is 0. The summed E-state index contributed by atoms with van der Waals surface area (Å²) in [6.07, 6.45) is 0. The van der Waals surface area contributed by atoms with E-state index in [4.69, 9.17) is 4.42 Å². The minimum absolute atomic E-state index is 0.582. The third-order valence-electron chi connectivity index (χ3n) is 8.69. The first-order valence-electron chi connectivity index (χ1n) is 13.6. The maximum Gasteiger partial charge on any atom is 0.149 e. The van der Waals surface area contributed by atoms with Gasteiger partial charge in [0.05, 0.1) is 10.3 Å². The van der Waals surface area contributed by atoms with E-state index in [2.05, 4.69) is 147 Å². The highest BCUT2D eigenvalue weighted by atomic mass is 79.9. The summed E-state index contributed by atoms with van der Waals surface area (Å²) in [7, 11) is 0. The van der Waals surface area contributed by atoms with Gasteiger partial charge in [-0.3, -0.25) is 0 Å². The van der Waals surface area contributed by atoms with Crippen LogP contribution in [0.3, 0.4) is 0 Å². The van der Waals surface area contributed by atoms with E-state index in [1.54, 1.807) is 0 Å². The Bertz CT molecular complexity index is 2150. The van der Waals surface area contributed by atoms with Crippen molar-refractivity contribution < 1.29 is 4.42 Å². The van der Waals surface area contributed by atoms with Crippen molar-refractivity contribution in [3.8, 4) is 22.3 Å². The van der Waals surface area contributed by atoms with Crippen molar-refractivity contribution in [1.29, 1.82) is 0 Å². The molecule has 0 saturated heterocycles. The summed E-state index contributed by atoms with van der Waals surface area (Å²) in [6.45, 7) is 0. The summed E-state index contributed by atoms with van der Waals surface area (Å²) in [5.74, 6) is 0. The monoisotopic (exact) mass is 670 g/mol. The van der Waals surface area contributed by atoms with Gasteiger partial charge in [0.1, 0.15) is 11.2 Å². The minimum atomic E-state index is -0.582. The van der Waals surface area contributed by atoms with Crippen LogP contribution in [0.5, 0.6) is 0 Å². The largest absolute Gasteiger partial charge is 0.455 e. The zero-order valence-electron chi connectivity index (χ0n) is 21.6. The molecular weight excluding hydrogens is 652 g/mol. The number of fused-ring (bicyclic) bond motifs is 15. The van der Waals surface area contributed by atoms with Crippen LogP contribution in [0, 0.1) is 0 Å². The summed E-state index contributed by atoms with van der Waals surface area (Å²) in [4.78, 5) is 2.43. The van der Waals surface area contributed by atoms with Crippen LogP contribution in [0.15, 0.2) is 144 Å². The Morgan fingerprint density at radius 3 is 1.88 bits per heavy atom. The van der Waals surface area contributed by atoms with Crippen molar-refractivity contribution >= 4 is 65.6 Å². The van der Waals surface area contributed by atoms with Gasteiger partial charge in [-0.25, -0.2) is 0 Å². The Balaban J connectivity index is 1.55. The standard InChI is InChI=1S/C37H20Br2OS/c38-21-13-15-25-23-7-1-2-8-24(23)26-16-14-22(39)20-32(26)37(31(25)19-21)29-10-4-6-12-34(29)41-36-30(37)18-17-28-27-9-3-5-11-33(27)40-35(28)36/h1-20H. The van der Waals surface area contributed by atoms with Crippen LogP contribution in [0.25, 0.3) is 44.2 Å². The van der Waals surface area contributed by atoms with E-state index in [1.807, 2.05) is 17.8 Å². The average molecular weight is 672 g/mol. The molecule has 1 aliphatic heterocycles. The SMILES string of the molecule is Brc1ccc2c(c1)C1(c3ccccc3Sc3c1ccc1c3oc3ccccc31)c1cc(Br)ccc1-c1ccccc1-2. The zero-order chi connectivity index (χ0) is 27.3. The van der Waals surface area contributed by atoms with E-state index in [9.17, 15) is 0 Å². The normalized spacial score (nSPS) is 14.2. The van der Waals surface area contributed by atoms with Gasteiger partial charge in [0.25, 0.3) is 0 Å². The molecule has 2 aliphatic rings. The fourth-order valence-corrected chi connectivity index (χ4v) is 9.08. The number of rotatable bonds is 0. The Labute approximate surface area is 258 Å². The quantitative estimate of drug-likeness (QED) is 0.159. The highest BCUT2D eigenvalue weighted by molar-refractivity contribution is 9.10. The van der Waals surface area contributed by atoms with Crippen molar-refractivity contribution in [3.05, 3.63) is 153 Å². The molecule has 0 unspecified atom stereocenters. The Morgan fingerprint density at radius 1 is 0.512 bits per heavy atom. The minimum Gasteiger partial charge on any atom is -0.455 e. The van der Waals surface area contributed by atoms with Crippen molar-refractivity contribution in [2.45, 2.75) is 15.2 Å². The molecule has 2 heterocycles. The van der Waals surface area contributed by atoms with E-state index in [0.29, 0.717) is 0 Å². The summed E-state index contributed by atoms with van der Waals surface area (Å²) >= 11 is 9.57.